The van der Waals surface area contributed by atoms with Gasteiger partial charge in [-0.05, 0) is 53.0 Å². The van der Waals surface area contributed by atoms with Crippen LogP contribution in [-0.4, -0.2) is 27.5 Å². The van der Waals surface area contributed by atoms with Crippen LogP contribution in [0.5, 0.6) is 0 Å². The van der Waals surface area contributed by atoms with Gasteiger partial charge in [-0.25, -0.2) is 4.68 Å². The van der Waals surface area contributed by atoms with Gasteiger partial charge in [0.1, 0.15) is 0 Å². The van der Waals surface area contributed by atoms with Crippen LogP contribution in [0, 0.1) is 11.8 Å². The van der Waals surface area contributed by atoms with Crippen molar-refractivity contribution in [1.29, 1.82) is 0 Å². The Labute approximate surface area is 152 Å². The Morgan fingerprint density at radius 1 is 1.04 bits per heavy atom. The van der Waals surface area contributed by atoms with Crippen molar-refractivity contribution in [3.63, 3.8) is 0 Å². The number of benzene rings is 1. The molecular formula is C18H16BrN3O3. The fourth-order valence-electron chi connectivity index (χ4n) is 3.71. The first-order valence-corrected chi connectivity index (χ1v) is 9.08. The number of fused-ring (bicyclic) bond motifs is 1. The van der Waals surface area contributed by atoms with Gasteiger partial charge in [0, 0.05) is 11.8 Å². The molecule has 7 heteroatoms. The second-order valence-corrected chi connectivity index (χ2v) is 7.38. The van der Waals surface area contributed by atoms with Gasteiger partial charge in [0.15, 0.2) is 0 Å². The maximum absolute atomic E-state index is 12.6. The van der Waals surface area contributed by atoms with E-state index in [1.807, 2.05) is 0 Å². The summed E-state index contributed by atoms with van der Waals surface area (Å²) in [6.07, 6.45) is 6.69. The average molecular weight is 402 g/mol. The Hall–Kier alpha value is -2.28. The molecule has 1 aliphatic carbocycles. The lowest BCUT2D eigenvalue weighted by Gasteiger charge is -2.19. The minimum Gasteiger partial charge on any atom is -0.274 e. The number of hydrogen-bond donors (Lipinski definition) is 0. The van der Waals surface area contributed by atoms with Gasteiger partial charge in [-0.3, -0.25) is 19.3 Å². The highest BCUT2D eigenvalue weighted by molar-refractivity contribution is 9.10. The molecule has 4 rings (SSSR count). The summed E-state index contributed by atoms with van der Waals surface area (Å²) in [7, 11) is 0. The van der Waals surface area contributed by atoms with E-state index in [1.54, 1.807) is 30.5 Å². The molecular weight excluding hydrogens is 386 g/mol. The number of imide groups is 1. The Bertz CT molecular complexity index is 835. The molecule has 6 nitrogen and oxygen atoms in total. The minimum atomic E-state index is -0.273. The Balaban J connectivity index is 1.59. The van der Waals surface area contributed by atoms with Gasteiger partial charge in [-0.15, -0.1) is 0 Å². The van der Waals surface area contributed by atoms with E-state index in [0.717, 1.165) is 25.7 Å². The van der Waals surface area contributed by atoms with Crippen LogP contribution in [0.4, 0.5) is 5.69 Å². The van der Waals surface area contributed by atoms with Crippen molar-refractivity contribution in [3.8, 4) is 0 Å². The first-order chi connectivity index (χ1) is 12.1. The zero-order valence-electron chi connectivity index (χ0n) is 13.4. The van der Waals surface area contributed by atoms with Crippen LogP contribution in [0.2, 0.25) is 0 Å². The molecule has 0 bridgehead atoms. The highest BCUT2D eigenvalue weighted by Gasteiger charge is 2.48. The van der Waals surface area contributed by atoms with Crippen LogP contribution in [-0.2, 0) is 9.59 Å². The summed E-state index contributed by atoms with van der Waals surface area (Å²) in [5, 5.41) is 3.97. The molecule has 2 atom stereocenters. The molecule has 2 amide bonds. The van der Waals surface area contributed by atoms with E-state index in [9.17, 15) is 14.4 Å². The lowest BCUT2D eigenvalue weighted by Crippen LogP contribution is -2.30. The molecule has 2 aliphatic rings. The van der Waals surface area contributed by atoms with E-state index in [-0.39, 0.29) is 29.6 Å². The quantitative estimate of drug-likeness (QED) is 0.724. The van der Waals surface area contributed by atoms with Crippen LogP contribution in [0.15, 0.2) is 41.1 Å². The number of anilines is 1. The number of halogens is 1. The Kier molecular flexibility index (Phi) is 4.03. The number of nitrogens with zero attached hydrogens (tertiary/aromatic N) is 3. The summed E-state index contributed by atoms with van der Waals surface area (Å²) >= 11 is 3.26. The number of carbonyl (C=O) groups excluding carboxylic acids is 3. The van der Waals surface area contributed by atoms with E-state index in [0.29, 0.717) is 15.7 Å². The Morgan fingerprint density at radius 2 is 1.64 bits per heavy atom. The fraction of sp³-hybridized carbons (Fsp3) is 0.333. The van der Waals surface area contributed by atoms with Crippen LogP contribution >= 0.6 is 15.9 Å². The van der Waals surface area contributed by atoms with Gasteiger partial charge in [0.25, 0.3) is 5.91 Å². The van der Waals surface area contributed by atoms with Crippen LogP contribution < -0.4 is 4.90 Å². The molecule has 1 saturated carbocycles. The van der Waals surface area contributed by atoms with Crippen LogP contribution in [0.25, 0.3) is 0 Å². The molecule has 0 N–H and O–H groups in total. The fourth-order valence-corrected chi connectivity index (χ4v) is 4.00. The van der Waals surface area contributed by atoms with Crippen LogP contribution in [0.3, 0.4) is 0 Å². The van der Waals surface area contributed by atoms with Gasteiger partial charge < -0.3 is 0 Å². The highest BCUT2D eigenvalue weighted by Crippen LogP contribution is 2.40. The zero-order valence-corrected chi connectivity index (χ0v) is 15.0. The van der Waals surface area contributed by atoms with Crippen molar-refractivity contribution in [2.75, 3.05) is 4.90 Å². The van der Waals surface area contributed by atoms with E-state index < -0.39 is 0 Å². The predicted molar refractivity (Wildman–Crippen MR) is 94.0 cm³/mol. The zero-order chi connectivity index (χ0) is 17.6. The lowest BCUT2D eigenvalue weighted by atomic mass is 9.81. The third kappa shape index (κ3) is 2.72. The number of rotatable bonds is 2. The van der Waals surface area contributed by atoms with E-state index in [1.165, 1.54) is 15.8 Å². The molecule has 1 aromatic heterocycles. The number of carbonyl (C=O) groups is 3. The SMILES string of the molecule is O=C1[C@@H]2CCCC[C@H]2C(=O)N1c1ccc(C(=O)n2cc(Br)cn2)cc1. The second kappa shape index (κ2) is 6.22. The summed E-state index contributed by atoms with van der Waals surface area (Å²) in [5.74, 6) is -0.840. The van der Waals surface area contributed by atoms with Crippen molar-refractivity contribution >= 4 is 39.3 Å². The molecule has 0 radical (unpaired) electrons. The van der Waals surface area contributed by atoms with Crippen molar-refractivity contribution in [1.82, 2.24) is 9.78 Å². The second-order valence-electron chi connectivity index (χ2n) is 6.46. The van der Waals surface area contributed by atoms with E-state index in [4.69, 9.17) is 0 Å². The average Bonchev–Trinajstić information content (AvgIpc) is 3.17. The highest BCUT2D eigenvalue weighted by atomic mass is 79.9. The van der Waals surface area contributed by atoms with Crippen molar-refractivity contribution in [2.24, 2.45) is 11.8 Å². The molecule has 1 aromatic carbocycles. The Morgan fingerprint density at radius 3 is 2.16 bits per heavy atom. The number of amides is 2. The van der Waals surface area contributed by atoms with E-state index in [2.05, 4.69) is 21.0 Å². The molecule has 0 spiro atoms. The molecule has 25 heavy (non-hydrogen) atoms. The molecule has 2 heterocycles. The van der Waals surface area contributed by atoms with Gasteiger partial charge in [-0.1, -0.05) is 12.8 Å². The topological polar surface area (TPSA) is 72.3 Å². The molecule has 1 aliphatic heterocycles. The van der Waals surface area contributed by atoms with Gasteiger partial charge in [-0.2, -0.15) is 5.10 Å². The normalized spacial score (nSPS) is 23.0. The van der Waals surface area contributed by atoms with Crippen LogP contribution in [0.1, 0.15) is 36.0 Å². The lowest BCUT2D eigenvalue weighted by molar-refractivity contribution is -0.122. The first-order valence-electron chi connectivity index (χ1n) is 8.29. The maximum atomic E-state index is 12.6. The van der Waals surface area contributed by atoms with Crippen molar-refractivity contribution in [3.05, 3.63) is 46.7 Å². The van der Waals surface area contributed by atoms with Gasteiger partial charge >= 0.3 is 0 Å². The number of hydrogen-bond acceptors (Lipinski definition) is 4. The van der Waals surface area contributed by atoms with Crippen molar-refractivity contribution < 1.29 is 14.4 Å². The van der Waals surface area contributed by atoms with Gasteiger partial charge in [0.05, 0.1) is 28.2 Å². The minimum absolute atomic E-state index is 0.107. The third-order valence-electron chi connectivity index (χ3n) is 4.97. The standard InChI is InChI=1S/C18H16BrN3O3/c19-12-9-20-21(10-12)16(23)11-5-7-13(8-6-11)22-17(24)14-3-1-2-4-15(14)18(22)25/h5-10,14-15H,1-4H2/t14-,15-/m1/s1. The summed E-state index contributed by atoms with van der Waals surface area (Å²) in [6.45, 7) is 0. The molecule has 2 aromatic rings. The van der Waals surface area contributed by atoms with Crippen molar-refractivity contribution in [2.45, 2.75) is 25.7 Å². The summed E-state index contributed by atoms with van der Waals surface area (Å²) in [6, 6.07) is 6.55. The third-order valence-corrected chi connectivity index (χ3v) is 5.38. The molecule has 2 fully saturated rings. The summed E-state index contributed by atoms with van der Waals surface area (Å²) < 4.78 is 1.95. The molecule has 1 saturated heterocycles. The predicted octanol–water partition coefficient (Wildman–Crippen LogP) is 3.01. The smallest absolute Gasteiger partial charge is 0.274 e. The monoisotopic (exact) mass is 401 g/mol. The van der Waals surface area contributed by atoms with Gasteiger partial charge in [0.2, 0.25) is 11.8 Å². The largest absolute Gasteiger partial charge is 0.278 e. The number of aromatic nitrogens is 2. The van der Waals surface area contributed by atoms with E-state index >= 15 is 0 Å². The molecule has 0 unspecified atom stereocenters. The summed E-state index contributed by atoms with van der Waals surface area (Å²) in [5.41, 5.74) is 0.971. The first kappa shape index (κ1) is 16.2. The maximum Gasteiger partial charge on any atom is 0.278 e. The summed E-state index contributed by atoms with van der Waals surface area (Å²) in [4.78, 5) is 38.9. The molecule has 128 valence electrons.